The van der Waals surface area contributed by atoms with Crippen molar-refractivity contribution in [2.24, 2.45) is 0 Å². The van der Waals surface area contributed by atoms with Crippen LogP contribution >= 0.6 is 0 Å². The molecule has 0 bridgehead atoms. The minimum absolute atomic E-state index is 0.400. The van der Waals surface area contributed by atoms with Crippen LogP contribution in [0.4, 0.5) is 4.79 Å². The third kappa shape index (κ3) is 4.44. The third-order valence-corrected chi connectivity index (χ3v) is 2.69. The topological polar surface area (TPSA) is 60.2 Å². The zero-order valence-electron chi connectivity index (χ0n) is 13.2. The Balaban J connectivity index is 2.02. The van der Waals surface area contributed by atoms with Gasteiger partial charge in [0, 0.05) is 31.2 Å². The number of carbonyl (C=O) groups excluding carboxylic acids is 1. The number of nitrogens with zero attached hydrogens (tertiary/aromatic N) is 4. The number of hydrogen-bond donors (Lipinski definition) is 0. The highest BCUT2D eigenvalue weighted by Gasteiger charge is 2.18. The predicted molar refractivity (Wildman–Crippen MR) is 84.4 cm³/mol. The van der Waals surface area contributed by atoms with Crippen LogP contribution in [0.2, 0.25) is 0 Å². The minimum atomic E-state index is -0.510. The first-order chi connectivity index (χ1) is 10.3. The number of hydrogen-bond acceptors (Lipinski definition) is 4. The first kappa shape index (κ1) is 15.8. The zero-order chi connectivity index (χ0) is 16.2. The van der Waals surface area contributed by atoms with Crippen LogP contribution in [-0.4, -0.2) is 38.4 Å². The van der Waals surface area contributed by atoms with Crippen molar-refractivity contribution in [2.45, 2.75) is 26.4 Å². The summed E-state index contributed by atoms with van der Waals surface area (Å²) < 4.78 is 6.99. The quantitative estimate of drug-likeness (QED) is 0.874. The van der Waals surface area contributed by atoms with Crippen molar-refractivity contribution >= 4 is 12.2 Å². The fourth-order valence-electron chi connectivity index (χ4n) is 1.65. The van der Waals surface area contributed by atoms with E-state index in [1.807, 2.05) is 39.1 Å². The van der Waals surface area contributed by atoms with Crippen LogP contribution in [0.5, 0.6) is 0 Å². The fraction of sp³-hybridized carbons (Fsp3) is 0.312. The van der Waals surface area contributed by atoms with Gasteiger partial charge in [-0.05, 0) is 39.0 Å². The Hall–Kier alpha value is -2.63. The van der Waals surface area contributed by atoms with Crippen molar-refractivity contribution in [1.29, 1.82) is 0 Å². The van der Waals surface area contributed by atoms with Crippen molar-refractivity contribution in [1.82, 2.24) is 19.7 Å². The van der Waals surface area contributed by atoms with E-state index in [4.69, 9.17) is 4.74 Å². The van der Waals surface area contributed by atoms with E-state index in [1.165, 1.54) is 4.90 Å². The maximum absolute atomic E-state index is 11.8. The second-order valence-corrected chi connectivity index (χ2v) is 5.84. The van der Waals surface area contributed by atoms with Crippen molar-refractivity contribution in [3.8, 4) is 5.69 Å². The molecule has 2 heterocycles. The normalized spacial score (nSPS) is 11.6. The van der Waals surface area contributed by atoms with Crippen molar-refractivity contribution in [2.75, 3.05) is 7.05 Å². The molecule has 0 aliphatic carbocycles. The van der Waals surface area contributed by atoms with E-state index in [1.54, 1.807) is 42.6 Å². The lowest BCUT2D eigenvalue weighted by Crippen LogP contribution is -2.31. The van der Waals surface area contributed by atoms with Gasteiger partial charge in [0.15, 0.2) is 0 Å². The molecule has 6 nitrogen and oxygen atoms in total. The van der Waals surface area contributed by atoms with Gasteiger partial charge >= 0.3 is 6.09 Å². The van der Waals surface area contributed by atoms with Crippen LogP contribution in [0.3, 0.4) is 0 Å². The monoisotopic (exact) mass is 300 g/mol. The summed E-state index contributed by atoms with van der Waals surface area (Å²) in [4.78, 5) is 17.3. The second-order valence-electron chi connectivity index (χ2n) is 5.84. The molecule has 6 heteroatoms. The first-order valence-corrected chi connectivity index (χ1v) is 6.94. The van der Waals surface area contributed by atoms with Gasteiger partial charge < -0.3 is 4.74 Å². The molecule has 2 rings (SSSR count). The van der Waals surface area contributed by atoms with Gasteiger partial charge in [-0.3, -0.25) is 9.88 Å². The molecule has 0 radical (unpaired) electrons. The van der Waals surface area contributed by atoms with Gasteiger partial charge in [-0.2, -0.15) is 5.10 Å². The molecule has 0 aliphatic heterocycles. The molecule has 2 aromatic rings. The van der Waals surface area contributed by atoms with Crippen LogP contribution in [0.25, 0.3) is 11.8 Å². The van der Waals surface area contributed by atoms with Crippen LogP contribution in [-0.2, 0) is 4.74 Å². The van der Waals surface area contributed by atoms with E-state index in [2.05, 4.69) is 10.1 Å². The molecule has 0 saturated heterocycles. The molecule has 2 aromatic heterocycles. The van der Waals surface area contributed by atoms with Crippen LogP contribution in [0.1, 0.15) is 26.3 Å². The lowest BCUT2D eigenvalue weighted by molar-refractivity contribution is 0.0373. The molecule has 1 amide bonds. The van der Waals surface area contributed by atoms with Crippen LogP contribution in [0.15, 0.2) is 43.1 Å². The van der Waals surface area contributed by atoms with Gasteiger partial charge in [0.1, 0.15) is 5.60 Å². The summed E-state index contributed by atoms with van der Waals surface area (Å²) >= 11 is 0. The van der Waals surface area contributed by atoms with E-state index in [0.29, 0.717) is 0 Å². The highest BCUT2D eigenvalue weighted by Crippen LogP contribution is 2.11. The molecule has 0 N–H and O–H groups in total. The van der Waals surface area contributed by atoms with Gasteiger partial charge in [-0.25, -0.2) is 9.48 Å². The van der Waals surface area contributed by atoms with E-state index in [9.17, 15) is 4.79 Å². The molecule has 22 heavy (non-hydrogen) atoms. The molecule has 0 aliphatic rings. The summed E-state index contributed by atoms with van der Waals surface area (Å²) in [6.07, 6.45) is 10.1. The number of aromatic nitrogens is 3. The highest BCUT2D eigenvalue weighted by atomic mass is 16.6. The largest absolute Gasteiger partial charge is 0.443 e. The Morgan fingerprint density at radius 1 is 1.36 bits per heavy atom. The van der Waals surface area contributed by atoms with Crippen molar-refractivity contribution in [3.63, 3.8) is 0 Å². The maximum atomic E-state index is 11.8. The van der Waals surface area contributed by atoms with Crippen LogP contribution in [0, 0.1) is 0 Å². The Bertz CT molecular complexity index is 656. The maximum Gasteiger partial charge on any atom is 0.414 e. The van der Waals surface area contributed by atoms with E-state index in [-0.39, 0.29) is 0 Å². The Morgan fingerprint density at radius 2 is 2.14 bits per heavy atom. The van der Waals surface area contributed by atoms with E-state index in [0.717, 1.165) is 11.3 Å². The third-order valence-electron chi connectivity index (χ3n) is 2.69. The summed E-state index contributed by atoms with van der Waals surface area (Å²) in [6.45, 7) is 5.50. The molecule has 0 spiro atoms. The lowest BCUT2D eigenvalue weighted by Gasteiger charge is -2.22. The molecule has 0 unspecified atom stereocenters. The summed E-state index contributed by atoms with van der Waals surface area (Å²) in [5, 5.41) is 4.26. The van der Waals surface area contributed by atoms with Gasteiger partial charge in [0.25, 0.3) is 0 Å². The Kier molecular flexibility index (Phi) is 4.60. The lowest BCUT2D eigenvalue weighted by atomic mass is 10.2. The highest BCUT2D eigenvalue weighted by molar-refractivity contribution is 5.70. The van der Waals surface area contributed by atoms with Gasteiger partial charge in [-0.15, -0.1) is 0 Å². The van der Waals surface area contributed by atoms with Gasteiger partial charge in [-0.1, -0.05) is 0 Å². The van der Waals surface area contributed by atoms with Crippen molar-refractivity contribution in [3.05, 3.63) is 48.7 Å². The first-order valence-electron chi connectivity index (χ1n) is 6.94. The fourth-order valence-corrected chi connectivity index (χ4v) is 1.65. The minimum Gasteiger partial charge on any atom is -0.443 e. The Labute approximate surface area is 130 Å². The molecule has 0 aromatic carbocycles. The zero-order valence-corrected chi connectivity index (χ0v) is 13.2. The standard InChI is InChI=1S/C16H20N4O2/c1-16(2,3)22-15(21)19(4)9-7-13-10-18-20(12-13)14-6-5-8-17-11-14/h5-12H,1-4H3. The SMILES string of the molecule is CN(C=Cc1cnn(-c2cccnc2)c1)C(=O)OC(C)(C)C. The average molecular weight is 300 g/mol. The average Bonchev–Trinajstić information content (AvgIpc) is 2.92. The molecular weight excluding hydrogens is 280 g/mol. The Morgan fingerprint density at radius 3 is 2.77 bits per heavy atom. The second kappa shape index (κ2) is 6.43. The predicted octanol–water partition coefficient (Wildman–Crippen LogP) is 3.10. The molecule has 116 valence electrons. The van der Waals surface area contributed by atoms with E-state index < -0.39 is 11.7 Å². The molecule has 0 saturated carbocycles. The number of pyridine rings is 1. The van der Waals surface area contributed by atoms with Crippen molar-refractivity contribution < 1.29 is 9.53 Å². The smallest absolute Gasteiger partial charge is 0.414 e. The number of carbonyl (C=O) groups is 1. The van der Waals surface area contributed by atoms with Crippen LogP contribution < -0.4 is 0 Å². The summed E-state index contributed by atoms with van der Waals surface area (Å²) in [6, 6.07) is 3.77. The summed E-state index contributed by atoms with van der Waals surface area (Å²) in [5.74, 6) is 0. The van der Waals surface area contributed by atoms with E-state index >= 15 is 0 Å². The molecule has 0 fully saturated rings. The molecular formula is C16H20N4O2. The number of ether oxygens (including phenoxy) is 1. The number of rotatable bonds is 3. The summed E-state index contributed by atoms with van der Waals surface area (Å²) in [5.41, 5.74) is 1.24. The van der Waals surface area contributed by atoms with Gasteiger partial charge in [0.05, 0.1) is 18.1 Å². The number of amides is 1. The molecule has 0 atom stereocenters. The summed E-state index contributed by atoms with van der Waals surface area (Å²) in [7, 11) is 1.65. The van der Waals surface area contributed by atoms with Gasteiger partial charge in [0.2, 0.25) is 0 Å².